The highest BCUT2D eigenvalue weighted by molar-refractivity contribution is 6.74. The number of carbonyl (C=O) groups is 1. The van der Waals surface area contributed by atoms with Crippen LogP contribution in [-0.4, -0.2) is 37.3 Å². The van der Waals surface area contributed by atoms with Gasteiger partial charge in [-0.15, -0.1) is 0 Å². The number of rotatable bonds is 3. The van der Waals surface area contributed by atoms with Crippen molar-refractivity contribution in [3.05, 3.63) is 54.2 Å². The van der Waals surface area contributed by atoms with Crippen LogP contribution in [-0.2, 0) is 14.6 Å². The molecule has 0 saturated heterocycles. The van der Waals surface area contributed by atoms with Crippen molar-refractivity contribution in [2.45, 2.75) is 76.1 Å². The molecule has 0 bridgehead atoms. The third kappa shape index (κ3) is 3.89. The van der Waals surface area contributed by atoms with Crippen molar-refractivity contribution in [1.82, 2.24) is 9.97 Å². The Labute approximate surface area is 207 Å². The number of amides is 1. The molecule has 5 nitrogen and oxygen atoms in total. The van der Waals surface area contributed by atoms with Gasteiger partial charge in [-0.1, -0.05) is 26.8 Å². The van der Waals surface area contributed by atoms with Gasteiger partial charge >= 0.3 is 0 Å². The first kappa shape index (κ1) is 24.1. The Balaban J connectivity index is 1.54. The van der Waals surface area contributed by atoms with Crippen molar-refractivity contribution in [1.29, 1.82) is 0 Å². The lowest BCUT2D eigenvalue weighted by atomic mass is 9.68. The first-order valence-corrected chi connectivity index (χ1v) is 15.3. The summed E-state index contributed by atoms with van der Waals surface area (Å²) in [6.07, 6.45) is 6.85. The van der Waals surface area contributed by atoms with E-state index >= 15 is 0 Å². The number of anilines is 1. The normalized spacial score (nSPS) is 22.8. The Morgan fingerprint density at radius 3 is 2.37 bits per heavy atom. The summed E-state index contributed by atoms with van der Waals surface area (Å²) >= 11 is 0. The van der Waals surface area contributed by atoms with E-state index in [1.807, 2.05) is 25.4 Å². The molecule has 1 aliphatic carbocycles. The lowest BCUT2D eigenvalue weighted by Crippen LogP contribution is -2.48. The van der Waals surface area contributed by atoms with Gasteiger partial charge in [-0.25, -0.2) is 4.98 Å². The molecule has 3 aromatic rings. The van der Waals surface area contributed by atoms with Crippen molar-refractivity contribution in [2.24, 2.45) is 0 Å². The van der Waals surface area contributed by atoms with Gasteiger partial charge in [-0.3, -0.25) is 9.78 Å². The molecule has 35 heavy (non-hydrogen) atoms. The topological polar surface area (TPSA) is 55.3 Å². The Bertz CT molecular complexity index is 1290. The minimum Gasteiger partial charge on any atom is -0.414 e. The molecular formula is C28H34FN3O2Si. The maximum absolute atomic E-state index is 13.7. The molecule has 0 atom stereocenters. The highest BCUT2D eigenvalue weighted by Crippen LogP contribution is 2.53. The largest absolute Gasteiger partial charge is 0.414 e. The van der Waals surface area contributed by atoms with Crippen LogP contribution in [0.3, 0.4) is 0 Å². The van der Waals surface area contributed by atoms with Crippen molar-refractivity contribution >= 4 is 30.8 Å². The van der Waals surface area contributed by atoms with Crippen molar-refractivity contribution in [2.75, 3.05) is 11.9 Å². The van der Waals surface area contributed by atoms with E-state index in [4.69, 9.17) is 4.43 Å². The van der Waals surface area contributed by atoms with E-state index < -0.39 is 19.7 Å². The lowest BCUT2D eigenvalue weighted by molar-refractivity contribution is -0.124. The summed E-state index contributed by atoms with van der Waals surface area (Å²) in [4.78, 5) is 24.0. The van der Waals surface area contributed by atoms with E-state index in [0.717, 1.165) is 59.0 Å². The number of pyridine rings is 2. The molecule has 1 spiro atoms. The van der Waals surface area contributed by atoms with Crippen LogP contribution in [0.5, 0.6) is 0 Å². The van der Waals surface area contributed by atoms with Crippen LogP contribution in [0.2, 0.25) is 18.1 Å². The molecule has 184 valence electrons. The summed E-state index contributed by atoms with van der Waals surface area (Å²) < 4.78 is 20.1. The van der Waals surface area contributed by atoms with Crippen LogP contribution in [0.4, 0.5) is 10.1 Å². The van der Waals surface area contributed by atoms with Crippen LogP contribution in [0.15, 0.2) is 42.7 Å². The van der Waals surface area contributed by atoms with Gasteiger partial charge in [0, 0.05) is 35.9 Å². The molecule has 0 radical (unpaired) electrons. The van der Waals surface area contributed by atoms with Crippen LogP contribution >= 0.6 is 0 Å². The van der Waals surface area contributed by atoms with Gasteiger partial charge in [-0.05, 0) is 73.6 Å². The SMILES string of the molecule is CN1C(=O)C2(CCC(O[Si](C)(C)C(C)(C)C)CC2)c2c1cnc1ccc(-c3ccc(F)nc3)cc21. The second kappa shape index (κ2) is 8.20. The lowest BCUT2D eigenvalue weighted by Gasteiger charge is -2.43. The molecule has 5 rings (SSSR count). The average Bonchev–Trinajstić information content (AvgIpc) is 3.02. The van der Waals surface area contributed by atoms with Gasteiger partial charge in [0.2, 0.25) is 11.9 Å². The van der Waals surface area contributed by atoms with Gasteiger partial charge in [0.25, 0.3) is 0 Å². The summed E-state index contributed by atoms with van der Waals surface area (Å²) in [6.45, 7) is 11.4. The molecule has 0 N–H and O–H groups in total. The number of aromatic nitrogens is 2. The smallest absolute Gasteiger partial charge is 0.237 e. The average molecular weight is 492 g/mol. The highest BCUT2D eigenvalue weighted by Gasteiger charge is 2.53. The monoisotopic (exact) mass is 491 g/mol. The van der Waals surface area contributed by atoms with Crippen LogP contribution < -0.4 is 4.90 Å². The number of carbonyl (C=O) groups excluding carboxylic acids is 1. The molecule has 1 amide bonds. The van der Waals surface area contributed by atoms with Gasteiger partial charge in [0.15, 0.2) is 8.32 Å². The number of benzene rings is 1. The summed E-state index contributed by atoms with van der Waals surface area (Å²) in [6, 6.07) is 9.15. The Kier molecular flexibility index (Phi) is 5.64. The minimum atomic E-state index is -1.88. The fourth-order valence-corrected chi connectivity index (χ4v) is 6.88. The van der Waals surface area contributed by atoms with E-state index in [2.05, 4.69) is 49.9 Å². The predicted molar refractivity (Wildman–Crippen MR) is 141 cm³/mol. The minimum absolute atomic E-state index is 0.154. The quantitative estimate of drug-likeness (QED) is 0.305. The molecule has 2 aliphatic rings. The molecular weight excluding hydrogens is 457 g/mol. The zero-order chi connectivity index (χ0) is 25.2. The molecule has 1 aromatic carbocycles. The van der Waals surface area contributed by atoms with Gasteiger partial charge in [0.1, 0.15) is 0 Å². The molecule has 2 aromatic heterocycles. The summed E-state index contributed by atoms with van der Waals surface area (Å²) in [5.41, 5.74) is 4.05. The highest BCUT2D eigenvalue weighted by atomic mass is 28.4. The van der Waals surface area contributed by atoms with E-state index in [1.54, 1.807) is 17.2 Å². The van der Waals surface area contributed by atoms with Gasteiger partial charge in [0.05, 0.1) is 22.8 Å². The second-order valence-electron chi connectivity index (χ2n) is 11.6. The van der Waals surface area contributed by atoms with Crippen molar-refractivity contribution in [3.8, 4) is 11.1 Å². The first-order chi connectivity index (χ1) is 16.4. The number of nitrogens with zero attached hydrogens (tertiary/aromatic N) is 3. The van der Waals surface area contributed by atoms with E-state index in [0.29, 0.717) is 0 Å². The third-order valence-electron chi connectivity index (χ3n) is 8.52. The zero-order valence-electron chi connectivity index (χ0n) is 21.5. The van der Waals surface area contributed by atoms with E-state index in [9.17, 15) is 9.18 Å². The molecule has 1 saturated carbocycles. The predicted octanol–water partition coefficient (Wildman–Crippen LogP) is 6.61. The fraction of sp³-hybridized carbons (Fsp3) is 0.464. The Morgan fingerprint density at radius 1 is 1.06 bits per heavy atom. The number of fused-ring (bicyclic) bond motifs is 4. The van der Waals surface area contributed by atoms with E-state index in [1.165, 1.54) is 6.07 Å². The number of hydrogen-bond donors (Lipinski definition) is 0. The number of halogens is 1. The fourth-order valence-electron chi connectivity index (χ4n) is 5.46. The van der Waals surface area contributed by atoms with Crippen LogP contribution in [0.1, 0.15) is 52.0 Å². The van der Waals surface area contributed by atoms with Crippen molar-refractivity contribution < 1.29 is 13.6 Å². The maximum atomic E-state index is 13.7. The Hall–Kier alpha value is -2.64. The maximum Gasteiger partial charge on any atom is 0.237 e. The van der Waals surface area contributed by atoms with Crippen LogP contribution in [0, 0.1) is 5.95 Å². The Morgan fingerprint density at radius 2 is 1.74 bits per heavy atom. The molecule has 0 unspecified atom stereocenters. The second-order valence-corrected chi connectivity index (χ2v) is 16.4. The van der Waals surface area contributed by atoms with Gasteiger partial charge < -0.3 is 9.33 Å². The molecule has 1 fully saturated rings. The molecule has 1 aliphatic heterocycles. The summed E-state index contributed by atoms with van der Waals surface area (Å²) in [7, 11) is -0.0197. The summed E-state index contributed by atoms with van der Waals surface area (Å²) in [5.74, 6) is -0.346. The van der Waals surface area contributed by atoms with Crippen LogP contribution in [0.25, 0.3) is 22.0 Å². The number of likely N-dealkylation sites (N-methyl/N-ethyl adjacent to an activating group) is 1. The van der Waals surface area contributed by atoms with E-state index in [-0.39, 0.29) is 17.0 Å². The first-order valence-electron chi connectivity index (χ1n) is 12.4. The van der Waals surface area contributed by atoms with Crippen molar-refractivity contribution in [3.63, 3.8) is 0 Å². The summed E-state index contributed by atoms with van der Waals surface area (Å²) in [5, 5.41) is 1.15. The molecule has 3 heterocycles. The zero-order valence-corrected chi connectivity index (χ0v) is 22.5. The number of hydrogen-bond acceptors (Lipinski definition) is 4. The van der Waals surface area contributed by atoms with Gasteiger partial charge in [-0.2, -0.15) is 4.39 Å². The molecule has 7 heteroatoms. The third-order valence-corrected chi connectivity index (χ3v) is 13.1. The standard InChI is InChI=1S/C28H34FN3O2Si/c1-27(2,3)35(5,6)34-20-11-13-28(14-12-20)25-21-15-18(19-8-10-24(29)31-16-19)7-9-22(21)30-17-23(25)32(4)26(28)33/h7-10,15-17,20H,11-14H2,1-6H3.